The van der Waals surface area contributed by atoms with Crippen LogP contribution >= 0.6 is 11.6 Å². The molecule has 2 rings (SSSR count). The highest BCUT2D eigenvalue weighted by Gasteiger charge is 2.24. The van der Waals surface area contributed by atoms with Crippen molar-refractivity contribution in [1.82, 2.24) is 0 Å². The summed E-state index contributed by atoms with van der Waals surface area (Å²) in [7, 11) is 0. The summed E-state index contributed by atoms with van der Waals surface area (Å²) in [6.45, 7) is 0. The standard InChI is InChI=1S/C13H17ClFN/c14-12-10(7-4-8-11(12)15)13(16)9-5-2-1-3-6-9/h4,7-9,13H,1-3,5-6,16H2/t13-/m0/s1. The summed E-state index contributed by atoms with van der Waals surface area (Å²) >= 11 is 5.95. The zero-order valence-corrected chi connectivity index (χ0v) is 10.0. The normalized spacial score (nSPS) is 19.7. The first kappa shape index (κ1) is 11.9. The van der Waals surface area contributed by atoms with Gasteiger partial charge in [0.2, 0.25) is 0 Å². The Kier molecular flexibility index (Phi) is 3.82. The van der Waals surface area contributed by atoms with Crippen molar-refractivity contribution >= 4 is 11.6 Å². The van der Waals surface area contributed by atoms with E-state index < -0.39 is 0 Å². The van der Waals surface area contributed by atoms with Gasteiger partial charge >= 0.3 is 0 Å². The molecule has 2 N–H and O–H groups in total. The number of benzene rings is 1. The van der Waals surface area contributed by atoms with Gasteiger partial charge in [-0.1, -0.05) is 43.0 Å². The minimum absolute atomic E-state index is 0.122. The second kappa shape index (κ2) is 5.15. The summed E-state index contributed by atoms with van der Waals surface area (Å²) in [5.41, 5.74) is 6.95. The quantitative estimate of drug-likeness (QED) is 0.830. The monoisotopic (exact) mass is 241 g/mol. The molecule has 1 aromatic carbocycles. The lowest BCUT2D eigenvalue weighted by Crippen LogP contribution is -2.24. The van der Waals surface area contributed by atoms with Gasteiger partial charge in [-0.3, -0.25) is 0 Å². The number of hydrogen-bond donors (Lipinski definition) is 1. The Labute approximate surface area is 101 Å². The Hall–Kier alpha value is -0.600. The predicted molar refractivity (Wildman–Crippen MR) is 64.9 cm³/mol. The molecule has 88 valence electrons. The second-order valence-electron chi connectivity index (χ2n) is 4.57. The molecule has 1 aromatic rings. The number of halogens is 2. The number of rotatable bonds is 2. The average Bonchev–Trinajstić information content (AvgIpc) is 2.33. The molecule has 0 heterocycles. The van der Waals surface area contributed by atoms with Gasteiger partial charge in [-0.15, -0.1) is 0 Å². The van der Waals surface area contributed by atoms with Crippen molar-refractivity contribution in [3.63, 3.8) is 0 Å². The highest BCUT2D eigenvalue weighted by Crippen LogP contribution is 2.36. The molecule has 0 bridgehead atoms. The molecule has 1 nitrogen and oxygen atoms in total. The van der Waals surface area contributed by atoms with Gasteiger partial charge in [-0.25, -0.2) is 4.39 Å². The van der Waals surface area contributed by atoms with E-state index >= 15 is 0 Å². The maximum atomic E-state index is 13.3. The van der Waals surface area contributed by atoms with E-state index in [-0.39, 0.29) is 16.9 Å². The van der Waals surface area contributed by atoms with Gasteiger partial charge < -0.3 is 5.73 Å². The first-order valence-electron chi connectivity index (χ1n) is 5.89. The summed E-state index contributed by atoms with van der Waals surface area (Å²) in [4.78, 5) is 0. The fraction of sp³-hybridized carbons (Fsp3) is 0.538. The van der Waals surface area contributed by atoms with Gasteiger partial charge in [0.05, 0.1) is 5.02 Å². The molecule has 0 radical (unpaired) electrons. The smallest absolute Gasteiger partial charge is 0.142 e. The van der Waals surface area contributed by atoms with Crippen molar-refractivity contribution in [2.24, 2.45) is 11.7 Å². The fourth-order valence-electron chi connectivity index (χ4n) is 2.53. The Bertz CT molecular complexity index is 361. The largest absolute Gasteiger partial charge is 0.324 e. The Morgan fingerprint density at radius 3 is 2.62 bits per heavy atom. The van der Waals surface area contributed by atoms with Crippen molar-refractivity contribution < 1.29 is 4.39 Å². The molecule has 1 aliphatic rings. The van der Waals surface area contributed by atoms with Gasteiger partial charge in [-0.2, -0.15) is 0 Å². The topological polar surface area (TPSA) is 26.0 Å². The highest BCUT2D eigenvalue weighted by molar-refractivity contribution is 6.31. The molecule has 1 aliphatic carbocycles. The zero-order chi connectivity index (χ0) is 11.5. The third-order valence-corrected chi connectivity index (χ3v) is 3.90. The van der Waals surface area contributed by atoms with E-state index in [1.54, 1.807) is 6.07 Å². The van der Waals surface area contributed by atoms with E-state index in [2.05, 4.69) is 0 Å². The molecular formula is C13H17ClFN. The van der Waals surface area contributed by atoms with Crippen molar-refractivity contribution in [2.75, 3.05) is 0 Å². The molecule has 1 atom stereocenters. The number of hydrogen-bond acceptors (Lipinski definition) is 1. The molecule has 1 fully saturated rings. The maximum Gasteiger partial charge on any atom is 0.142 e. The van der Waals surface area contributed by atoms with Crippen molar-refractivity contribution in [2.45, 2.75) is 38.1 Å². The SMILES string of the molecule is N[C@H](c1cccc(F)c1Cl)C1CCCCC1. The van der Waals surface area contributed by atoms with E-state index in [0.29, 0.717) is 5.92 Å². The van der Waals surface area contributed by atoms with Crippen LogP contribution in [0.4, 0.5) is 4.39 Å². The first-order valence-corrected chi connectivity index (χ1v) is 6.27. The molecule has 0 unspecified atom stereocenters. The molecule has 0 amide bonds. The van der Waals surface area contributed by atoms with Gasteiger partial charge in [-0.05, 0) is 30.4 Å². The summed E-state index contributed by atoms with van der Waals surface area (Å²) in [6, 6.07) is 4.77. The Morgan fingerprint density at radius 1 is 1.25 bits per heavy atom. The van der Waals surface area contributed by atoms with Crippen LogP contribution in [0.3, 0.4) is 0 Å². The second-order valence-corrected chi connectivity index (χ2v) is 4.94. The first-order chi connectivity index (χ1) is 7.70. The van der Waals surface area contributed by atoms with Crippen LogP contribution in [-0.2, 0) is 0 Å². The summed E-state index contributed by atoms with van der Waals surface area (Å²) in [5, 5.41) is 0.195. The molecular weight excluding hydrogens is 225 g/mol. The molecule has 3 heteroatoms. The van der Waals surface area contributed by atoms with Crippen LogP contribution in [-0.4, -0.2) is 0 Å². The van der Waals surface area contributed by atoms with Gasteiger partial charge in [0.1, 0.15) is 5.82 Å². The highest BCUT2D eigenvalue weighted by atomic mass is 35.5. The van der Waals surface area contributed by atoms with E-state index in [4.69, 9.17) is 17.3 Å². The van der Waals surface area contributed by atoms with Crippen LogP contribution in [0, 0.1) is 11.7 Å². The third-order valence-electron chi connectivity index (χ3n) is 3.50. The van der Waals surface area contributed by atoms with Crippen molar-refractivity contribution in [3.05, 3.63) is 34.6 Å². The molecule has 1 saturated carbocycles. The molecule has 0 spiro atoms. The van der Waals surface area contributed by atoms with E-state index in [9.17, 15) is 4.39 Å². The van der Waals surface area contributed by atoms with Gasteiger partial charge in [0.15, 0.2) is 0 Å². The van der Waals surface area contributed by atoms with E-state index in [1.165, 1.54) is 25.3 Å². The van der Waals surface area contributed by atoms with Crippen LogP contribution in [0.25, 0.3) is 0 Å². The third kappa shape index (κ3) is 2.38. The lowest BCUT2D eigenvalue weighted by Gasteiger charge is -2.28. The predicted octanol–water partition coefficient (Wildman–Crippen LogP) is 4.06. The van der Waals surface area contributed by atoms with E-state index in [0.717, 1.165) is 18.4 Å². The number of nitrogens with two attached hydrogens (primary N) is 1. The molecule has 0 aliphatic heterocycles. The van der Waals surface area contributed by atoms with Crippen molar-refractivity contribution in [3.8, 4) is 0 Å². The lowest BCUT2D eigenvalue weighted by molar-refractivity contribution is 0.308. The van der Waals surface area contributed by atoms with Crippen LogP contribution in [0.1, 0.15) is 43.7 Å². The van der Waals surface area contributed by atoms with Gasteiger partial charge in [0.25, 0.3) is 0 Å². The van der Waals surface area contributed by atoms with E-state index in [1.807, 2.05) is 6.07 Å². The zero-order valence-electron chi connectivity index (χ0n) is 9.26. The lowest BCUT2D eigenvalue weighted by atomic mass is 9.81. The van der Waals surface area contributed by atoms with Crippen LogP contribution in [0.2, 0.25) is 5.02 Å². The van der Waals surface area contributed by atoms with Gasteiger partial charge in [0, 0.05) is 6.04 Å². The van der Waals surface area contributed by atoms with Crippen molar-refractivity contribution in [1.29, 1.82) is 0 Å². The molecule has 0 saturated heterocycles. The fourth-order valence-corrected chi connectivity index (χ4v) is 2.78. The Balaban J connectivity index is 2.19. The summed E-state index contributed by atoms with van der Waals surface area (Å²) in [5.74, 6) is 0.0819. The maximum absolute atomic E-state index is 13.3. The molecule has 16 heavy (non-hydrogen) atoms. The average molecular weight is 242 g/mol. The van der Waals surface area contributed by atoms with Crippen LogP contribution < -0.4 is 5.73 Å². The summed E-state index contributed by atoms with van der Waals surface area (Å²) in [6.07, 6.45) is 6.01. The molecule has 0 aromatic heterocycles. The summed E-state index contributed by atoms with van der Waals surface area (Å²) < 4.78 is 13.3. The van der Waals surface area contributed by atoms with Crippen LogP contribution in [0.5, 0.6) is 0 Å². The Morgan fingerprint density at radius 2 is 1.94 bits per heavy atom. The minimum atomic E-state index is -0.370. The minimum Gasteiger partial charge on any atom is -0.324 e. The van der Waals surface area contributed by atoms with Crippen LogP contribution in [0.15, 0.2) is 18.2 Å².